The molecule has 2 fully saturated rings. The molecule has 0 spiro atoms. The summed E-state index contributed by atoms with van der Waals surface area (Å²) in [6.07, 6.45) is 0.952. The first-order valence-corrected chi connectivity index (χ1v) is 14.0. The van der Waals surface area contributed by atoms with Crippen LogP contribution in [-0.2, 0) is 22.7 Å². The van der Waals surface area contributed by atoms with Gasteiger partial charge in [-0.2, -0.15) is 4.98 Å². The van der Waals surface area contributed by atoms with E-state index in [0.29, 0.717) is 43.1 Å². The van der Waals surface area contributed by atoms with Crippen LogP contribution >= 0.6 is 0 Å². The van der Waals surface area contributed by atoms with Crippen molar-refractivity contribution in [2.45, 2.75) is 38.6 Å². The summed E-state index contributed by atoms with van der Waals surface area (Å²) in [5.41, 5.74) is 2.12. The van der Waals surface area contributed by atoms with Crippen LogP contribution in [0, 0.1) is 12.4 Å². The molecule has 0 aliphatic carbocycles. The van der Waals surface area contributed by atoms with Gasteiger partial charge in [-0.05, 0) is 43.7 Å². The summed E-state index contributed by atoms with van der Waals surface area (Å²) >= 11 is 0. The molecule has 12 heteroatoms. The molecule has 0 saturated carbocycles. The number of nitrogens with zero attached hydrogens (tertiary/aromatic N) is 6. The molecular weight excluding hydrogens is 555 g/mol. The van der Waals surface area contributed by atoms with Crippen LogP contribution < -0.4 is 9.64 Å². The zero-order chi connectivity index (χ0) is 30.1. The molecule has 2 aliphatic rings. The van der Waals surface area contributed by atoms with E-state index in [1.807, 2.05) is 16.4 Å². The number of carbonyl (C=O) groups excluding carboxylic acids is 1. The molecule has 4 aromatic rings. The molecule has 2 aliphatic heterocycles. The Morgan fingerprint density at radius 2 is 2.05 bits per heavy atom. The molecule has 0 unspecified atom stereocenters. The second kappa shape index (κ2) is 11.8. The Morgan fingerprint density at radius 1 is 1.21 bits per heavy atom. The molecule has 2 aromatic heterocycles. The monoisotopic (exact) mass is 584 g/mol. The van der Waals surface area contributed by atoms with Gasteiger partial charge in [-0.1, -0.05) is 18.2 Å². The molecule has 4 heterocycles. The number of amides is 1. The number of halogens is 1. The maximum absolute atomic E-state index is 14.3. The molecule has 0 radical (unpaired) electrons. The third-order valence-electron chi connectivity index (χ3n) is 7.90. The quantitative estimate of drug-likeness (QED) is 0.284. The molecule has 220 valence electrons. The van der Waals surface area contributed by atoms with Crippen LogP contribution in [0.4, 0.5) is 15.9 Å². The van der Waals surface area contributed by atoms with Crippen LogP contribution in [-0.4, -0.2) is 68.8 Å². The van der Waals surface area contributed by atoms with Gasteiger partial charge in [0, 0.05) is 31.3 Å². The Kier molecular flexibility index (Phi) is 7.75. The van der Waals surface area contributed by atoms with E-state index < -0.39 is 11.8 Å². The minimum atomic E-state index is -1.00. The van der Waals surface area contributed by atoms with E-state index in [2.05, 4.69) is 9.83 Å². The molecule has 11 nitrogen and oxygen atoms in total. The van der Waals surface area contributed by atoms with Crippen LogP contribution in [0.25, 0.3) is 15.9 Å². The predicted octanol–water partition coefficient (Wildman–Crippen LogP) is 4.60. The van der Waals surface area contributed by atoms with Crippen molar-refractivity contribution in [1.82, 2.24) is 19.4 Å². The van der Waals surface area contributed by atoms with E-state index in [0.717, 1.165) is 23.8 Å². The van der Waals surface area contributed by atoms with Gasteiger partial charge in [0.05, 0.1) is 48.4 Å². The van der Waals surface area contributed by atoms with Crippen molar-refractivity contribution in [2.24, 2.45) is 0 Å². The van der Waals surface area contributed by atoms with Crippen LogP contribution in [0.15, 0.2) is 54.6 Å². The molecular formula is C31H29FN6O5. The van der Waals surface area contributed by atoms with Gasteiger partial charge < -0.3 is 19.1 Å². The summed E-state index contributed by atoms with van der Waals surface area (Å²) < 4.78 is 27.7. The maximum atomic E-state index is 14.3. The van der Waals surface area contributed by atoms with Gasteiger partial charge in [0.25, 0.3) is 0 Å². The second-order valence-electron chi connectivity index (χ2n) is 10.6. The number of rotatable bonds is 9. The van der Waals surface area contributed by atoms with E-state index >= 15 is 0 Å². The standard InChI is InChI=1S/C31H29FN6O5/c1-19(30-34-25-9-7-20(31(40)41)14-26(25)38(30)16-23-10-13-42-23)36-11-12-37(29(39)17-36)27-4-3-5-28(35-27)43-18-21-6-8-22(33-2)15-24(21)32/h3-9,14-15,19,23H,10-13,16-18H2,1H3,(H,40,41)/t19-,23-/m0/s1. The zero-order valence-corrected chi connectivity index (χ0v) is 23.4. The number of aromatic carboxylic acids is 1. The Bertz CT molecular complexity index is 1750. The number of hydrogen-bond acceptors (Lipinski definition) is 7. The summed E-state index contributed by atoms with van der Waals surface area (Å²) in [6, 6.07) is 14.0. The number of imidazole rings is 1. The average molecular weight is 585 g/mol. The number of carboxylic acids is 1. The highest BCUT2D eigenvalue weighted by atomic mass is 19.1. The summed E-state index contributed by atoms with van der Waals surface area (Å²) in [4.78, 5) is 41.2. The smallest absolute Gasteiger partial charge is 0.335 e. The van der Waals surface area contributed by atoms with E-state index in [1.54, 1.807) is 41.3 Å². The van der Waals surface area contributed by atoms with Crippen molar-refractivity contribution >= 4 is 34.4 Å². The molecule has 1 N–H and O–H groups in total. The number of hydrogen-bond donors (Lipinski definition) is 1. The number of carboxylic acid groups (broad SMARTS) is 1. The van der Waals surface area contributed by atoms with Crippen molar-refractivity contribution in [3.8, 4) is 5.88 Å². The third kappa shape index (κ3) is 5.77. The minimum Gasteiger partial charge on any atom is -0.478 e. The van der Waals surface area contributed by atoms with Gasteiger partial charge in [0.15, 0.2) is 5.69 Å². The van der Waals surface area contributed by atoms with Crippen molar-refractivity contribution in [2.75, 3.05) is 31.1 Å². The molecule has 2 aromatic carbocycles. The van der Waals surface area contributed by atoms with E-state index in [4.69, 9.17) is 21.0 Å². The second-order valence-corrected chi connectivity index (χ2v) is 10.6. The number of piperazine rings is 1. The number of benzene rings is 2. The van der Waals surface area contributed by atoms with Gasteiger partial charge in [-0.3, -0.25) is 14.6 Å². The average Bonchev–Trinajstić information content (AvgIpc) is 3.35. The molecule has 43 heavy (non-hydrogen) atoms. The normalized spacial score (nSPS) is 17.8. The Balaban J connectivity index is 1.16. The summed E-state index contributed by atoms with van der Waals surface area (Å²) in [5.74, 6) is -0.227. The van der Waals surface area contributed by atoms with Gasteiger partial charge in [-0.15, -0.1) is 0 Å². The predicted molar refractivity (Wildman–Crippen MR) is 155 cm³/mol. The molecule has 6 rings (SSSR count). The lowest BCUT2D eigenvalue weighted by Gasteiger charge is -2.37. The summed E-state index contributed by atoms with van der Waals surface area (Å²) in [7, 11) is 0. The molecule has 0 bridgehead atoms. The van der Waals surface area contributed by atoms with E-state index in [1.165, 1.54) is 12.1 Å². The molecule has 2 saturated heterocycles. The third-order valence-corrected chi connectivity index (χ3v) is 7.90. The number of aromatic nitrogens is 3. The van der Waals surface area contributed by atoms with Crippen molar-refractivity contribution in [1.29, 1.82) is 0 Å². The first kappa shape index (κ1) is 28.3. The molecule has 1 amide bonds. The minimum absolute atomic E-state index is 0.0329. The van der Waals surface area contributed by atoms with Crippen LogP contribution in [0.2, 0.25) is 0 Å². The van der Waals surface area contributed by atoms with Gasteiger partial charge in [-0.25, -0.2) is 19.0 Å². The van der Waals surface area contributed by atoms with Crippen LogP contribution in [0.5, 0.6) is 5.88 Å². The fourth-order valence-corrected chi connectivity index (χ4v) is 5.35. The SMILES string of the molecule is [C-]#[N+]c1ccc(COc2cccc(N3CCN([C@@H](C)c4nc5ccc(C(=O)O)cc5n4C[C@@H]4CCO4)CC3=O)n2)c(F)c1. The summed E-state index contributed by atoms with van der Waals surface area (Å²) in [6.45, 7) is 11.3. The maximum Gasteiger partial charge on any atom is 0.335 e. The van der Waals surface area contributed by atoms with Crippen molar-refractivity contribution in [3.63, 3.8) is 0 Å². The number of anilines is 1. The highest BCUT2D eigenvalue weighted by Crippen LogP contribution is 2.30. The summed E-state index contributed by atoms with van der Waals surface area (Å²) in [5, 5.41) is 9.53. The largest absolute Gasteiger partial charge is 0.478 e. The Morgan fingerprint density at radius 3 is 2.74 bits per heavy atom. The van der Waals surface area contributed by atoms with Gasteiger partial charge >= 0.3 is 5.97 Å². The van der Waals surface area contributed by atoms with Gasteiger partial charge in [0.1, 0.15) is 24.1 Å². The highest BCUT2D eigenvalue weighted by Gasteiger charge is 2.32. The lowest BCUT2D eigenvalue weighted by atomic mass is 10.1. The highest BCUT2D eigenvalue weighted by molar-refractivity contribution is 5.95. The topological polar surface area (TPSA) is 114 Å². The van der Waals surface area contributed by atoms with E-state index in [-0.39, 0.29) is 48.3 Å². The van der Waals surface area contributed by atoms with Gasteiger partial charge in [0.2, 0.25) is 11.8 Å². The number of carbonyl (C=O) groups is 2. The van der Waals surface area contributed by atoms with Crippen molar-refractivity contribution in [3.05, 3.63) is 88.8 Å². The lowest BCUT2D eigenvalue weighted by Crippen LogP contribution is -2.51. The lowest BCUT2D eigenvalue weighted by molar-refractivity contribution is -0.122. The van der Waals surface area contributed by atoms with Crippen LogP contribution in [0.1, 0.15) is 41.1 Å². The van der Waals surface area contributed by atoms with E-state index in [9.17, 15) is 19.1 Å². The van der Waals surface area contributed by atoms with Crippen molar-refractivity contribution < 1.29 is 28.6 Å². The fraction of sp³-hybridized carbons (Fsp3) is 0.323. The Labute approximate surface area is 246 Å². The Hall–Kier alpha value is -4.86. The van der Waals surface area contributed by atoms with Crippen LogP contribution in [0.3, 0.4) is 0 Å². The zero-order valence-electron chi connectivity index (χ0n) is 23.4. The first-order chi connectivity index (χ1) is 20.8. The number of pyridine rings is 1. The molecule has 2 atom stereocenters. The number of ether oxygens (including phenoxy) is 2. The first-order valence-electron chi connectivity index (χ1n) is 14.0. The fourth-order valence-electron chi connectivity index (χ4n) is 5.35. The number of fused-ring (bicyclic) bond motifs is 1.